The van der Waals surface area contributed by atoms with Gasteiger partial charge in [0.05, 0.1) is 16.5 Å². The Kier molecular flexibility index (Phi) is 7.11. The second kappa shape index (κ2) is 10.1. The number of hydrogen-bond donors (Lipinski definition) is 2. The van der Waals surface area contributed by atoms with Gasteiger partial charge in [-0.3, -0.25) is 23.9 Å². The van der Waals surface area contributed by atoms with Gasteiger partial charge in [-0.2, -0.15) is 13.2 Å². The lowest BCUT2D eigenvalue weighted by Gasteiger charge is -2.28. The summed E-state index contributed by atoms with van der Waals surface area (Å²) in [6.45, 7) is 0.309. The third kappa shape index (κ3) is 5.32. The quantitative estimate of drug-likeness (QED) is 0.408. The number of benzene rings is 2. The number of carbonyl (C=O) groups excluding carboxylic acids is 1. The molecule has 186 valence electrons. The maximum Gasteiger partial charge on any atom is 0.416 e. The molecular weight excluding hydrogens is 463 g/mol. The molecule has 1 fully saturated rings. The molecule has 4 rings (SSSR count). The number of carbonyl (C=O) groups is 1. The highest BCUT2D eigenvalue weighted by molar-refractivity contribution is 5.78. The molecule has 1 aromatic heterocycles. The van der Waals surface area contributed by atoms with Gasteiger partial charge in [-0.05, 0) is 61.8 Å². The zero-order valence-corrected chi connectivity index (χ0v) is 18.9. The van der Waals surface area contributed by atoms with Crippen LogP contribution in [0.25, 0.3) is 10.9 Å². The van der Waals surface area contributed by atoms with Gasteiger partial charge in [0.1, 0.15) is 0 Å². The summed E-state index contributed by atoms with van der Waals surface area (Å²) in [5.41, 5.74) is 0.826. The molecule has 1 aliphatic rings. The first-order chi connectivity index (χ1) is 16.7. The molecule has 2 aromatic carbocycles. The van der Waals surface area contributed by atoms with Crippen LogP contribution in [-0.2, 0) is 30.5 Å². The molecule has 2 N–H and O–H groups in total. The van der Waals surface area contributed by atoms with Crippen molar-refractivity contribution in [2.24, 2.45) is 11.8 Å². The summed E-state index contributed by atoms with van der Waals surface area (Å²) >= 11 is 0. The maximum atomic E-state index is 13.4. The summed E-state index contributed by atoms with van der Waals surface area (Å²) < 4.78 is 41.8. The highest BCUT2D eigenvalue weighted by Gasteiger charge is 2.30. The molecule has 0 unspecified atom stereocenters. The molecular formula is C25H26F3N3O4. The van der Waals surface area contributed by atoms with E-state index in [-0.39, 0.29) is 24.8 Å². The molecule has 1 saturated carbocycles. The number of fused-ring (bicyclic) bond motifs is 1. The van der Waals surface area contributed by atoms with E-state index < -0.39 is 28.9 Å². The zero-order valence-electron chi connectivity index (χ0n) is 18.9. The number of nitrogens with zero attached hydrogens (tertiary/aromatic N) is 2. The first-order valence-corrected chi connectivity index (χ1v) is 11.5. The molecule has 1 aliphatic carbocycles. The molecule has 7 nitrogen and oxygen atoms in total. The van der Waals surface area contributed by atoms with Crippen LogP contribution in [0.5, 0.6) is 0 Å². The summed E-state index contributed by atoms with van der Waals surface area (Å²) in [6.07, 6.45) is -1.85. The molecule has 1 heterocycles. The second-order valence-corrected chi connectivity index (χ2v) is 9.01. The maximum absolute atomic E-state index is 13.4. The van der Waals surface area contributed by atoms with E-state index in [4.69, 9.17) is 5.21 Å². The van der Waals surface area contributed by atoms with Crippen molar-refractivity contribution in [1.29, 1.82) is 0 Å². The van der Waals surface area contributed by atoms with Crippen LogP contribution in [-0.4, -0.2) is 20.2 Å². The van der Waals surface area contributed by atoms with Gasteiger partial charge in [-0.15, -0.1) is 0 Å². The SMILES string of the molecule is O=C(NO)C1CCC(Cn2c(=O)n(CCc3cccc(C(F)(F)F)c3)c(=O)c3ccccc32)CC1. The average Bonchev–Trinajstić information content (AvgIpc) is 2.86. The predicted octanol–water partition coefficient (Wildman–Crippen LogP) is 3.74. The monoisotopic (exact) mass is 489 g/mol. The molecule has 3 aromatic rings. The molecule has 10 heteroatoms. The molecule has 0 radical (unpaired) electrons. The lowest BCUT2D eigenvalue weighted by Crippen LogP contribution is -2.42. The predicted molar refractivity (Wildman–Crippen MR) is 123 cm³/mol. The topological polar surface area (TPSA) is 93.3 Å². The Hall–Kier alpha value is -3.40. The van der Waals surface area contributed by atoms with Crippen molar-refractivity contribution >= 4 is 16.8 Å². The van der Waals surface area contributed by atoms with Crippen LogP contribution in [0.4, 0.5) is 13.2 Å². The number of hydrogen-bond acceptors (Lipinski definition) is 4. The van der Waals surface area contributed by atoms with Gasteiger partial charge in [0, 0.05) is 19.0 Å². The minimum atomic E-state index is -4.47. The number of aromatic nitrogens is 2. The Morgan fingerprint density at radius 3 is 2.40 bits per heavy atom. The summed E-state index contributed by atoms with van der Waals surface area (Å²) in [6, 6.07) is 11.7. The zero-order chi connectivity index (χ0) is 25.2. The van der Waals surface area contributed by atoms with E-state index in [1.165, 1.54) is 6.07 Å². The van der Waals surface area contributed by atoms with Gasteiger partial charge in [0.15, 0.2) is 0 Å². The molecule has 0 saturated heterocycles. The van der Waals surface area contributed by atoms with Crippen LogP contribution < -0.4 is 16.7 Å². The normalized spacial score (nSPS) is 18.5. The van der Waals surface area contributed by atoms with Crippen molar-refractivity contribution in [3.05, 3.63) is 80.5 Å². The molecule has 0 bridgehead atoms. The molecule has 0 aliphatic heterocycles. The van der Waals surface area contributed by atoms with Crippen LogP contribution >= 0.6 is 0 Å². The Morgan fingerprint density at radius 2 is 1.71 bits per heavy atom. The highest BCUT2D eigenvalue weighted by atomic mass is 19.4. The van der Waals surface area contributed by atoms with Crippen LogP contribution in [0, 0.1) is 11.8 Å². The fraction of sp³-hybridized carbons (Fsp3) is 0.400. The van der Waals surface area contributed by atoms with Gasteiger partial charge < -0.3 is 0 Å². The Labute approximate surface area is 198 Å². The number of halogens is 3. The third-order valence-electron chi connectivity index (χ3n) is 6.78. The highest BCUT2D eigenvalue weighted by Crippen LogP contribution is 2.31. The number of alkyl halides is 3. The van der Waals surface area contributed by atoms with Gasteiger partial charge in [-0.25, -0.2) is 10.3 Å². The number of rotatable bonds is 6. The Morgan fingerprint density at radius 1 is 1.00 bits per heavy atom. The number of aryl methyl sites for hydroxylation is 1. The summed E-state index contributed by atoms with van der Waals surface area (Å²) in [5.74, 6) is -0.575. The average molecular weight is 489 g/mol. The second-order valence-electron chi connectivity index (χ2n) is 9.01. The van der Waals surface area contributed by atoms with E-state index in [0.717, 1.165) is 16.7 Å². The van der Waals surface area contributed by atoms with Gasteiger partial charge >= 0.3 is 11.9 Å². The molecule has 1 amide bonds. The molecule has 35 heavy (non-hydrogen) atoms. The number of nitrogens with one attached hydrogen (secondary N) is 1. The van der Waals surface area contributed by atoms with Crippen molar-refractivity contribution < 1.29 is 23.2 Å². The van der Waals surface area contributed by atoms with E-state index in [2.05, 4.69) is 0 Å². The van der Waals surface area contributed by atoms with E-state index in [9.17, 15) is 27.6 Å². The molecule has 0 spiro atoms. The third-order valence-corrected chi connectivity index (χ3v) is 6.78. The number of hydroxylamine groups is 1. The number of para-hydroxylation sites is 1. The van der Waals surface area contributed by atoms with Crippen LogP contribution in [0.1, 0.15) is 36.8 Å². The smallest absolute Gasteiger partial charge is 0.293 e. The Balaban J connectivity index is 1.62. The van der Waals surface area contributed by atoms with Crippen molar-refractivity contribution in [1.82, 2.24) is 14.6 Å². The largest absolute Gasteiger partial charge is 0.416 e. The molecule has 0 atom stereocenters. The minimum Gasteiger partial charge on any atom is -0.293 e. The van der Waals surface area contributed by atoms with Crippen LogP contribution in [0.2, 0.25) is 0 Å². The summed E-state index contributed by atoms with van der Waals surface area (Å²) in [7, 11) is 0. The van der Waals surface area contributed by atoms with E-state index in [1.54, 1.807) is 40.4 Å². The van der Waals surface area contributed by atoms with E-state index in [0.29, 0.717) is 48.7 Å². The Bertz CT molecular complexity index is 1340. The van der Waals surface area contributed by atoms with E-state index >= 15 is 0 Å². The van der Waals surface area contributed by atoms with Crippen molar-refractivity contribution in [3.63, 3.8) is 0 Å². The van der Waals surface area contributed by atoms with Crippen molar-refractivity contribution in [3.8, 4) is 0 Å². The first kappa shape index (κ1) is 24.7. The lowest BCUT2D eigenvalue weighted by atomic mass is 9.81. The number of amides is 1. The van der Waals surface area contributed by atoms with Crippen LogP contribution in [0.3, 0.4) is 0 Å². The summed E-state index contributed by atoms with van der Waals surface area (Å²) in [5, 5.41) is 9.22. The van der Waals surface area contributed by atoms with Gasteiger partial charge in [0.2, 0.25) is 5.91 Å². The standard InChI is InChI=1S/C25H26F3N3O4/c26-25(27,28)19-5-3-4-16(14-19)12-13-30-23(33)20-6-1-2-7-21(20)31(24(30)34)15-17-8-10-18(11-9-17)22(32)29-35/h1-7,14,17-18,35H,8-13,15H2,(H,29,32). The fourth-order valence-corrected chi connectivity index (χ4v) is 4.85. The van der Waals surface area contributed by atoms with Crippen LogP contribution in [0.15, 0.2) is 58.1 Å². The lowest BCUT2D eigenvalue weighted by molar-refractivity contribution is -0.137. The van der Waals surface area contributed by atoms with Crippen molar-refractivity contribution in [2.45, 2.75) is 51.4 Å². The summed E-state index contributed by atoms with van der Waals surface area (Å²) in [4.78, 5) is 38.2. The van der Waals surface area contributed by atoms with E-state index in [1.807, 2.05) is 0 Å². The first-order valence-electron chi connectivity index (χ1n) is 11.5. The minimum absolute atomic E-state index is 0.0484. The van der Waals surface area contributed by atoms with Gasteiger partial charge in [0.25, 0.3) is 5.56 Å². The van der Waals surface area contributed by atoms with Gasteiger partial charge in [-0.1, -0.05) is 30.3 Å². The fourth-order valence-electron chi connectivity index (χ4n) is 4.85. The van der Waals surface area contributed by atoms with Crippen molar-refractivity contribution in [2.75, 3.05) is 0 Å².